The number of carbonyl (C=O) groups excluding carboxylic acids is 1. The van der Waals surface area contributed by atoms with Gasteiger partial charge >= 0.3 is 0 Å². The Bertz CT molecular complexity index is 817. The summed E-state index contributed by atoms with van der Waals surface area (Å²) in [6, 6.07) is 16.2. The normalized spacial score (nSPS) is 26.2. The minimum absolute atomic E-state index is 0.168. The van der Waals surface area contributed by atoms with Gasteiger partial charge in [0.05, 0.1) is 0 Å². The molecule has 1 aliphatic carbocycles. The Labute approximate surface area is 148 Å². The molecule has 1 amide bonds. The maximum absolute atomic E-state index is 12.5. The maximum atomic E-state index is 12.5. The lowest BCUT2D eigenvalue weighted by Crippen LogP contribution is -2.39. The Morgan fingerprint density at radius 3 is 2.60 bits per heavy atom. The van der Waals surface area contributed by atoms with Crippen LogP contribution in [0.15, 0.2) is 42.5 Å². The molecule has 128 valence electrons. The van der Waals surface area contributed by atoms with Crippen molar-refractivity contribution in [2.75, 3.05) is 5.32 Å². The van der Waals surface area contributed by atoms with Gasteiger partial charge < -0.3 is 10.6 Å². The second-order valence-electron chi connectivity index (χ2n) is 7.93. The van der Waals surface area contributed by atoms with Gasteiger partial charge in [0.2, 0.25) is 5.91 Å². The van der Waals surface area contributed by atoms with E-state index >= 15 is 0 Å². The standard InChI is InChI=1S/C22H24N2O/c25-22(11-14-9-17-5-6-18(10-14)23-17)24-19-7-8-21-16(13-19)12-15-3-1-2-4-20(15)21/h1-4,7-8,13-14,17-18,23H,5-6,9-12H2,(H,24,25). The van der Waals surface area contributed by atoms with Crippen LogP contribution in [-0.2, 0) is 11.2 Å². The van der Waals surface area contributed by atoms with Crippen molar-refractivity contribution in [1.82, 2.24) is 5.32 Å². The Morgan fingerprint density at radius 2 is 1.76 bits per heavy atom. The first-order valence-electron chi connectivity index (χ1n) is 9.52. The molecule has 3 heteroatoms. The summed E-state index contributed by atoms with van der Waals surface area (Å²) in [6.45, 7) is 0. The van der Waals surface area contributed by atoms with Crippen LogP contribution in [0.1, 0.15) is 43.2 Å². The molecule has 2 saturated heterocycles. The smallest absolute Gasteiger partial charge is 0.224 e. The Kier molecular flexibility index (Phi) is 3.63. The van der Waals surface area contributed by atoms with Gasteiger partial charge in [0.1, 0.15) is 0 Å². The predicted octanol–water partition coefficient (Wildman–Crippen LogP) is 4.12. The highest BCUT2D eigenvalue weighted by molar-refractivity contribution is 5.92. The summed E-state index contributed by atoms with van der Waals surface area (Å²) in [4.78, 5) is 12.5. The van der Waals surface area contributed by atoms with Gasteiger partial charge in [-0.3, -0.25) is 4.79 Å². The van der Waals surface area contributed by atoms with Crippen molar-refractivity contribution >= 4 is 11.6 Å². The molecule has 3 aliphatic rings. The quantitative estimate of drug-likeness (QED) is 0.757. The molecule has 2 fully saturated rings. The fourth-order valence-corrected chi connectivity index (χ4v) is 5.04. The number of hydrogen-bond donors (Lipinski definition) is 2. The number of carbonyl (C=O) groups is 1. The summed E-state index contributed by atoms with van der Waals surface area (Å²) in [5.41, 5.74) is 6.28. The zero-order valence-corrected chi connectivity index (χ0v) is 14.4. The molecule has 2 heterocycles. The Morgan fingerprint density at radius 1 is 1.00 bits per heavy atom. The van der Waals surface area contributed by atoms with Crippen LogP contribution in [-0.4, -0.2) is 18.0 Å². The number of anilines is 1. The second kappa shape index (κ2) is 5.99. The van der Waals surface area contributed by atoms with Gasteiger partial charge in [0.15, 0.2) is 0 Å². The number of hydrogen-bond acceptors (Lipinski definition) is 2. The van der Waals surface area contributed by atoms with Crippen LogP contribution in [0.3, 0.4) is 0 Å². The zero-order valence-electron chi connectivity index (χ0n) is 14.4. The molecule has 0 spiro atoms. The lowest BCUT2D eigenvalue weighted by Gasteiger charge is -2.28. The molecule has 2 aromatic carbocycles. The molecule has 25 heavy (non-hydrogen) atoms. The Hall–Kier alpha value is -2.13. The first-order valence-corrected chi connectivity index (χ1v) is 9.52. The molecule has 0 saturated carbocycles. The first-order chi connectivity index (χ1) is 12.2. The molecule has 2 atom stereocenters. The summed E-state index contributed by atoms with van der Waals surface area (Å²) in [6.07, 6.45) is 6.51. The topological polar surface area (TPSA) is 41.1 Å². The fraction of sp³-hybridized carbons (Fsp3) is 0.409. The zero-order chi connectivity index (χ0) is 16.8. The molecule has 2 aromatic rings. The van der Waals surface area contributed by atoms with E-state index in [1.807, 2.05) is 6.07 Å². The predicted molar refractivity (Wildman–Crippen MR) is 101 cm³/mol. The lowest BCUT2D eigenvalue weighted by atomic mass is 9.89. The monoisotopic (exact) mass is 332 g/mol. The molecule has 2 unspecified atom stereocenters. The molecular weight excluding hydrogens is 308 g/mol. The van der Waals surface area contributed by atoms with Crippen LogP contribution in [0.5, 0.6) is 0 Å². The highest BCUT2D eigenvalue weighted by atomic mass is 16.1. The molecular formula is C22H24N2O. The lowest BCUT2D eigenvalue weighted by molar-refractivity contribution is -0.117. The number of nitrogens with one attached hydrogen (secondary N) is 2. The molecule has 3 nitrogen and oxygen atoms in total. The average Bonchev–Trinajstić information content (AvgIpc) is 3.13. The summed E-state index contributed by atoms with van der Waals surface area (Å²) in [5, 5.41) is 6.78. The van der Waals surface area contributed by atoms with Crippen LogP contribution < -0.4 is 10.6 Å². The van der Waals surface area contributed by atoms with Gasteiger partial charge in [-0.15, -0.1) is 0 Å². The minimum Gasteiger partial charge on any atom is -0.326 e. The molecule has 0 aromatic heterocycles. The van der Waals surface area contributed by atoms with Crippen LogP contribution >= 0.6 is 0 Å². The number of benzene rings is 2. The van der Waals surface area contributed by atoms with Crippen LogP contribution in [0.25, 0.3) is 11.1 Å². The summed E-state index contributed by atoms with van der Waals surface area (Å²) < 4.78 is 0. The molecule has 0 radical (unpaired) electrons. The highest BCUT2D eigenvalue weighted by Crippen LogP contribution is 2.38. The van der Waals surface area contributed by atoms with Gasteiger partial charge in [0, 0.05) is 24.2 Å². The minimum atomic E-state index is 0.168. The van der Waals surface area contributed by atoms with E-state index in [0.29, 0.717) is 24.4 Å². The van der Waals surface area contributed by atoms with E-state index in [4.69, 9.17) is 0 Å². The van der Waals surface area contributed by atoms with Gasteiger partial charge in [-0.25, -0.2) is 0 Å². The van der Waals surface area contributed by atoms with E-state index < -0.39 is 0 Å². The van der Waals surface area contributed by atoms with Gasteiger partial charge in [-0.1, -0.05) is 30.3 Å². The summed E-state index contributed by atoms with van der Waals surface area (Å²) in [7, 11) is 0. The van der Waals surface area contributed by atoms with E-state index in [0.717, 1.165) is 24.9 Å². The Balaban J connectivity index is 1.26. The van der Waals surface area contributed by atoms with Gasteiger partial charge in [-0.05, 0) is 72.4 Å². The van der Waals surface area contributed by atoms with Crippen LogP contribution in [0.4, 0.5) is 5.69 Å². The van der Waals surface area contributed by atoms with Crippen molar-refractivity contribution in [3.8, 4) is 11.1 Å². The van der Waals surface area contributed by atoms with E-state index in [1.54, 1.807) is 0 Å². The van der Waals surface area contributed by atoms with Gasteiger partial charge in [-0.2, -0.15) is 0 Å². The molecule has 2 N–H and O–H groups in total. The van der Waals surface area contributed by atoms with E-state index in [-0.39, 0.29) is 5.91 Å². The van der Waals surface area contributed by atoms with Crippen molar-refractivity contribution in [3.05, 3.63) is 53.6 Å². The van der Waals surface area contributed by atoms with Crippen molar-refractivity contribution in [2.45, 2.75) is 50.6 Å². The third kappa shape index (κ3) is 2.87. The van der Waals surface area contributed by atoms with Crippen molar-refractivity contribution in [3.63, 3.8) is 0 Å². The summed E-state index contributed by atoms with van der Waals surface area (Å²) in [5.74, 6) is 0.708. The first kappa shape index (κ1) is 15.2. The number of rotatable bonds is 3. The molecule has 2 aliphatic heterocycles. The SMILES string of the molecule is O=C(CC1CC2CCC(C1)N2)Nc1ccc2c(c1)Cc1ccccc1-2. The van der Waals surface area contributed by atoms with E-state index in [1.165, 1.54) is 35.1 Å². The van der Waals surface area contributed by atoms with E-state index in [2.05, 4.69) is 47.0 Å². The van der Waals surface area contributed by atoms with Crippen molar-refractivity contribution < 1.29 is 4.79 Å². The maximum Gasteiger partial charge on any atom is 0.224 e. The third-order valence-corrected chi connectivity index (χ3v) is 6.12. The van der Waals surface area contributed by atoms with Crippen LogP contribution in [0.2, 0.25) is 0 Å². The van der Waals surface area contributed by atoms with Crippen molar-refractivity contribution in [1.29, 1.82) is 0 Å². The van der Waals surface area contributed by atoms with E-state index in [9.17, 15) is 4.79 Å². The van der Waals surface area contributed by atoms with Gasteiger partial charge in [0.25, 0.3) is 0 Å². The molecule has 5 rings (SSSR count). The number of fused-ring (bicyclic) bond motifs is 5. The largest absolute Gasteiger partial charge is 0.326 e. The second-order valence-corrected chi connectivity index (χ2v) is 7.93. The summed E-state index contributed by atoms with van der Waals surface area (Å²) >= 11 is 0. The van der Waals surface area contributed by atoms with Crippen LogP contribution in [0, 0.1) is 5.92 Å². The molecule has 2 bridgehead atoms. The average molecular weight is 332 g/mol. The van der Waals surface area contributed by atoms with Crippen molar-refractivity contribution in [2.24, 2.45) is 5.92 Å². The third-order valence-electron chi connectivity index (χ3n) is 6.12. The highest BCUT2D eigenvalue weighted by Gasteiger charge is 2.34. The number of amides is 1. The fourth-order valence-electron chi connectivity index (χ4n) is 5.04. The number of piperidine rings is 1.